The second-order valence-corrected chi connectivity index (χ2v) is 7.62. The summed E-state index contributed by atoms with van der Waals surface area (Å²) in [6, 6.07) is 38.9. The van der Waals surface area contributed by atoms with Gasteiger partial charge in [0.2, 0.25) is 0 Å². The predicted molar refractivity (Wildman–Crippen MR) is 128 cm³/mol. The standard InChI is InChI=1S/C29H19N/c1-2-10-21-19-22(17-16-20(21)9-1)28-23-11-3-5-13-25(23)29(27-15-7-8-18-30-27)26-14-6-4-12-24(26)28/h1-19H. The van der Waals surface area contributed by atoms with Gasteiger partial charge in [0.05, 0.1) is 5.69 Å². The minimum atomic E-state index is 1.01. The summed E-state index contributed by atoms with van der Waals surface area (Å²) in [4.78, 5) is 4.69. The molecule has 6 aromatic rings. The third-order valence-electron chi connectivity index (χ3n) is 5.89. The molecule has 0 spiro atoms. The van der Waals surface area contributed by atoms with E-state index in [0.717, 1.165) is 5.69 Å². The van der Waals surface area contributed by atoms with Crippen LogP contribution in [-0.2, 0) is 0 Å². The molecule has 0 fully saturated rings. The molecule has 0 aliphatic rings. The zero-order valence-electron chi connectivity index (χ0n) is 16.4. The van der Waals surface area contributed by atoms with Crippen LogP contribution in [-0.4, -0.2) is 4.98 Å². The summed E-state index contributed by atoms with van der Waals surface area (Å²) < 4.78 is 0. The molecule has 0 bridgehead atoms. The van der Waals surface area contributed by atoms with Crippen LogP contribution in [0.3, 0.4) is 0 Å². The maximum Gasteiger partial charge on any atom is 0.0714 e. The summed E-state index contributed by atoms with van der Waals surface area (Å²) in [5, 5.41) is 7.51. The summed E-state index contributed by atoms with van der Waals surface area (Å²) in [7, 11) is 0. The quantitative estimate of drug-likeness (QED) is 0.278. The molecule has 1 nitrogen and oxygen atoms in total. The summed E-state index contributed by atoms with van der Waals surface area (Å²) in [6.07, 6.45) is 1.87. The topological polar surface area (TPSA) is 12.9 Å². The van der Waals surface area contributed by atoms with Crippen molar-refractivity contribution in [3.63, 3.8) is 0 Å². The average molecular weight is 381 g/mol. The highest BCUT2D eigenvalue weighted by Gasteiger charge is 2.16. The van der Waals surface area contributed by atoms with Gasteiger partial charge in [-0.1, -0.05) is 91.0 Å². The van der Waals surface area contributed by atoms with Crippen molar-refractivity contribution in [1.29, 1.82) is 0 Å². The molecule has 140 valence electrons. The first-order valence-electron chi connectivity index (χ1n) is 10.2. The number of nitrogens with zero attached hydrogens (tertiary/aromatic N) is 1. The van der Waals surface area contributed by atoms with Gasteiger partial charge in [-0.2, -0.15) is 0 Å². The second kappa shape index (κ2) is 6.82. The van der Waals surface area contributed by atoms with Crippen molar-refractivity contribution in [3.8, 4) is 22.4 Å². The molecule has 0 aliphatic heterocycles. The van der Waals surface area contributed by atoms with E-state index in [1.165, 1.54) is 49.0 Å². The first-order valence-corrected chi connectivity index (χ1v) is 10.2. The van der Waals surface area contributed by atoms with E-state index < -0.39 is 0 Å². The smallest absolute Gasteiger partial charge is 0.0714 e. The molecule has 6 rings (SSSR count). The Hall–Kier alpha value is -3.97. The van der Waals surface area contributed by atoms with Crippen LogP contribution in [0, 0.1) is 0 Å². The van der Waals surface area contributed by atoms with Gasteiger partial charge in [0, 0.05) is 11.8 Å². The molecule has 0 atom stereocenters. The fraction of sp³-hybridized carbons (Fsp3) is 0. The van der Waals surface area contributed by atoms with Crippen LogP contribution in [0.5, 0.6) is 0 Å². The molecule has 0 aliphatic carbocycles. The van der Waals surface area contributed by atoms with Crippen LogP contribution in [0.15, 0.2) is 115 Å². The summed E-state index contributed by atoms with van der Waals surface area (Å²) in [5.74, 6) is 0. The highest BCUT2D eigenvalue weighted by atomic mass is 14.7. The van der Waals surface area contributed by atoms with Crippen molar-refractivity contribution in [2.24, 2.45) is 0 Å². The van der Waals surface area contributed by atoms with E-state index in [-0.39, 0.29) is 0 Å². The van der Waals surface area contributed by atoms with Crippen LogP contribution in [0.25, 0.3) is 54.7 Å². The third kappa shape index (κ3) is 2.60. The molecule has 30 heavy (non-hydrogen) atoms. The molecule has 0 unspecified atom stereocenters. The number of benzene rings is 5. The van der Waals surface area contributed by atoms with Gasteiger partial charge >= 0.3 is 0 Å². The molecule has 0 amide bonds. The maximum absolute atomic E-state index is 4.69. The molecular weight excluding hydrogens is 362 g/mol. The van der Waals surface area contributed by atoms with E-state index in [0.29, 0.717) is 0 Å². The minimum Gasteiger partial charge on any atom is -0.256 e. The van der Waals surface area contributed by atoms with Crippen LogP contribution >= 0.6 is 0 Å². The van der Waals surface area contributed by atoms with Crippen molar-refractivity contribution in [2.45, 2.75) is 0 Å². The number of fused-ring (bicyclic) bond motifs is 3. The van der Waals surface area contributed by atoms with E-state index in [9.17, 15) is 0 Å². The van der Waals surface area contributed by atoms with Crippen molar-refractivity contribution in [3.05, 3.63) is 115 Å². The van der Waals surface area contributed by atoms with Crippen molar-refractivity contribution in [1.82, 2.24) is 4.98 Å². The number of hydrogen-bond acceptors (Lipinski definition) is 1. The predicted octanol–water partition coefficient (Wildman–Crippen LogP) is 7.88. The van der Waals surface area contributed by atoms with E-state index >= 15 is 0 Å². The molecule has 0 saturated heterocycles. The Morgan fingerprint density at radius 2 is 1.00 bits per heavy atom. The average Bonchev–Trinajstić information content (AvgIpc) is 2.82. The van der Waals surface area contributed by atoms with E-state index in [1.54, 1.807) is 0 Å². The van der Waals surface area contributed by atoms with Crippen LogP contribution in [0.1, 0.15) is 0 Å². The van der Waals surface area contributed by atoms with Crippen molar-refractivity contribution < 1.29 is 0 Å². The van der Waals surface area contributed by atoms with Crippen molar-refractivity contribution >= 4 is 32.3 Å². The van der Waals surface area contributed by atoms with Crippen LogP contribution in [0.4, 0.5) is 0 Å². The third-order valence-corrected chi connectivity index (χ3v) is 5.89. The normalized spacial score (nSPS) is 11.3. The molecule has 0 N–H and O–H groups in total. The Labute approximate surface area is 175 Å². The lowest BCUT2D eigenvalue weighted by Crippen LogP contribution is -1.92. The molecular formula is C29H19N. The number of pyridine rings is 1. The Balaban J connectivity index is 1.79. The summed E-state index contributed by atoms with van der Waals surface area (Å²) in [5.41, 5.74) is 4.74. The van der Waals surface area contributed by atoms with Crippen molar-refractivity contribution in [2.75, 3.05) is 0 Å². The lowest BCUT2D eigenvalue weighted by Gasteiger charge is -2.17. The van der Waals surface area contributed by atoms with E-state index in [4.69, 9.17) is 4.98 Å². The van der Waals surface area contributed by atoms with Gasteiger partial charge in [0.1, 0.15) is 0 Å². The van der Waals surface area contributed by atoms with Gasteiger partial charge in [-0.25, -0.2) is 0 Å². The monoisotopic (exact) mass is 381 g/mol. The van der Waals surface area contributed by atoms with Gasteiger partial charge < -0.3 is 0 Å². The van der Waals surface area contributed by atoms with Gasteiger partial charge in [-0.15, -0.1) is 0 Å². The fourth-order valence-electron chi connectivity index (χ4n) is 4.57. The number of aromatic nitrogens is 1. The largest absolute Gasteiger partial charge is 0.256 e. The number of hydrogen-bond donors (Lipinski definition) is 0. The minimum absolute atomic E-state index is 1.01. The molecule has 5 aromatic carbocycles. The van der Waals surface area contributed by atoms with Gasteiger partial charge in [0.15, 0.2) is 0 Å². The van der Waals surface area contributed by atoms with Crippen LogP contribution in [0.2, 0.25) is 0 Å². The fourth-order valence-corrected chi connectivity index (χ4v) is 4.57. The van der Waals surface area contributed by atoms with E-state index in [2.05, 4.69) is 103 Å². The lowest BCUT2D eigenvalue weighted by molar-refractivity contribution is 1.34. The Morgan fingerprint density at radius 1 is 0.433 bits per heavy atom. The molecule has 1 heteroatoms. The van der Waals surface area contributed by atoms with Gasteiger partial charge in [-0.05, 0) is 61.6 Å². The zero-order chi connectivity index (χ0) is 19.9. The van der Waals surface area contributed by atoms with Gasteiger partial charge in [0.25, 0.3) is 0 Å². The highest BCUT2D eigenvalue weighted by molar-refractivity contribution is 6.21. The Bertz CT molecular complexity index is 1470. The second-order valence-electron chi connectivity index (χ2n) is 7.62. The van der Waals surface area contributed by atoms with E-state index in [1.807, 2.05) is 12.3 Å². The lowest BCUT2D eigenvalue weighted by atomic mass is 9.87. The Morgan fingerprint density at radius 3 is 1.63 bits per heavy atom. The first-order chi connectivity index (χ1) is 14.9. The maximum atomic E-state index is 4.69. The van der Waals surface area contributed by atoms with Gasteiger partial charge in [-0.3, -0.25) is 4.98 Å². The zero-order valence-corrected chi connectivity index (χ0v) is 16.4. The molecule has 0 saturated carbocycles. The molecule has 0 radical (unpaired) electrons. The van der Waals surface area contributed by atoms with Crippen LogP contribution < -0.4 is 0 Å². The summed E-state index contributed by atoms with van der Waals surface area (Å²) in [6.45, 7) is 0. The highest BCUT2D eigenvalue weighted by Crippen LogP contribution is 2.43. The Kier molecular flexibility index (Phi) is 3.85. The first kappa shape index (κ1) is 16.9. The SMILES string of the molecule is c1ccc(-c2c3ccccc3c(-c3ccc4ccccc4c3)c3ccccc23)nc1. The molecule has 1 heterocycles. The molecule has 1 aromatic heterocycles. The summed E-state index contributed by atoms with van der Waals surface area (Å²) >= 11 is 0. The number of rotatable bonds is 2.